The molecule has 0 N–H and O–H groups in total. The largest absolute Gasteiger partial charge is 0.370 e. The Hall–Kier alpha value is -0.700. The second-order valence-corrected chi connectivity index (χ2v) is 4.30. The summed E-state index contributed by atoms with van der Waals surface area (Å²) in [5, 5.41) is 0. The number of carbonyl (C=O) groups is 2. The van der Waals surface area contributed by atoms with Crippen LogP contribution in [-0.2, 0) is 14.3 Å². The van der Waals surface area contributed by atoms with Gasteiger partial charge in [0.05, 0.1) is 6.42 Å². The standard InChI is InChI=1S/C12H22O3/c1-5-12(11(14)8-10(4)13)15-7-6-9(2)3/h9,12H,5-8H2,1-4H3. The fourth-order valence-corrected chi connectivity index (χ4v) is 1.24. The van der Waals surface area contributed by atoms with E-state index in [1.54, 1.807) is 0 Å². The minimum atomic E-state index is -0.396. The average Bonchev–Trinajstić information content (AvgIpc) is 2.10. The van der Waals surface area contributed by atoms with Gasteiger partial charge in [0.2, 0.25) is 0 Å². The molecule has 0 aromatic carbocycles. The summed E-state index contributed by atoms with van der Waals surface area (Å²) in [7, 11) is 0. The summed E-state index contributed by atoms with van der Waals surface area (Å²) in [4.78, 5) is 22.3. The van der Waals surface area contributed by atoms with Crippen LogP contribution in [0.3, 0.4) is 0 Å². The molecular weight excluding hydrogens is 192 g/mol. The first-order valence-electron chi connectivity index (χ1n) is 5.61. The van der Waals surface area contributed by atoms with Gasteiger partial charge in [0.25, 0.3) is 0 Å². The molecule has 0 aliphatic carbocycles. The molecule has 0 spiro atoms. The average molecular weight is 214 g/mol. The van der Waals surface area contributed by atoms with Crippen LogP contribution in [0.5, 0.6) is 0 Å². The van der Waals surface area contributed by atoms with Crippen LogP contribution in [0.15, 0.2) is 0 Å². The number of Topliss-reactive ketones (excluding diaryl/α,β-unsaturated/α-hetero) is 2. The third kappa shape index (κ3) is 7.25. The maximum absolute atomic E-state index is 11.5. The normalized spacial score (nSPS) is 12.9. The first kappa shape index (κ1) is 14.3. The van der Waals surface area contributed by atoms with Crippen molar-refractivity contribution in [1.82, 2.24) is 0 Å². The lowest BCUT2D eigenvalue weighted by Crippen LogP contribution is -2.26. The minimum Gasteiger partial charge on any atom is -0.370 e. The van der Waals surface area contributed by atoms with Gasteiger partial charge in [0.15, 0.2) is 5.78 Å². The number of rotatable bonds is 8. The van der Waals surface area contributed by atoms with E-state index in [0.29, 0.717) is 18.9 Å². The van der Waals surface area contributed by atoms with Gasteiger partial charge in [-0.1, -0.05) is 20.8 Å². The molecule has 15 heavy (non-hydrogen) atoms. The molecule has 0 aromatic rings. The van der Waals surface area contributed by atoms with Crippen molar-refractivity contribution in [3.63, 3.8) is 0 Å². The highest BCUT2D eigenvalue weighted by Crippen LogP contribution is 2.06. The van der Waals surface area contributed by atoms with E-state index in [4.69, 9.17) is 4.74 Å². The lowest BCUT2D eigenvalue weighted by Gasteiger charge is -2.15. The number of ether oxygens (including phenoxy) is 1. The Balaban J connectivity index is 3.90. The van der Waals surface area contributed by atoms with Gasteiger partial charge in [-0.15, -0.1) is 0 Å². The van der Waals surface area contributed by atoms with Crippen molar-refractivity contribution in [3.8, 4) is 0 Å². The Morgan fingerprint density at radius 3 is 2.27 bits per heavy atom. The van der Waals surface area contributed by atoms with E-state index in [1.807, 2.05) is 6.92 Å². The first-order valence-corrected chi connectivity index (χ1v) is 5.61. The Morgan fingerprint density at radius 2 is 1.87 bits per heavy atom. The Kier molecular flexibility index (Phi) is 7.22. The SMILES string of the molecule is CCC(OCCC(C)C)C(=O)CC(C)=O. The topological polar surface area (TPSA) is 43.4 Å². The van der Waals surface area contributed by atoms with Crippen LogP contribution in [0.4, 0.5) is 0 Å². The number of carbonyl (C=O) groups excluding carboxylic acids is 2. The molecule has 0 saturated heterocycles. The predicted molar refractivity (Wildman–Crippen MR) is 59.8 cm³/mol. The highest BCUT2D eigenvalue weighted by atomic mass is 16.5. The van der Waals surface area contributed by atoms with Crippen molar-refractivity contribution in [1.29, 1.82) is 0 Å². The van der Waals surface area contributed by atoms with Crippen molar-refractivity contribution < 1.29 is 14.3 Å². The lowest BCUT2D eigenvalue weighted by atomic mass is 10.1. The lowest BCUT2D eigenvalue weighted by molar-refractivity contribution is -0.134. The Bertz CT molecular complexity index is 209. The zero-order chi connectivity index (χ0) is 11.8. The summed E-state index contributed by atoms with van der Waals surface area (Å²) in [6.45, 7) is 8.15. The fraction of sp³-hybridized carbons (Fsp3) is 0.833. The van der Waals surface area contributed by atoms with Crippen LogP contribution in [0.2, 0.25) is 0 Å². The smallest absolute Gasteiger partial charge is 0.168 e. The van der Waals surface area contributed by atoms with E-state index < -0.39 is 6.10 Å². The molecule has 1 atom stereocenters. The first-order chi connectivity index (χ1) is 6.97. The number of hydrogen-bond acceptors (Lipinski definition) is 3. The van der Waals surface area contributed by atoms with Crippen molar-refractivity contribution >= 4 is 11.6 Å². The van der Waals surface area contributed by atoms with Crippen LogP contribution in [0.1, 0.15) is 47.0 Å². The van der Waals surface area contributed by atoms with E-state index in [0.717, 1.165) is 6.42 Å². The molecule has 0 aliphatic rings. The van der Waals surface area contributed by atoms with Crippen molar-refractivity contribution in [2.75, 3.05) is 6.61 Å². The van der Waals surface area contributed by atoms with E-state index in [-0.39, 0.29) is 18.0 Å². The van der Waals surface area contributed by atoms with Gasteiger partial charge in [0.1, 0.15) is 11.9 Å². The molecule has 0 amide bonds. The molecule has 0 radical (unpaired) electrons. The van der Waals surface area contributed by atoms with Gasteiger partial charge in [-0.25, -0.2) is 0 Å². The third-order valence-electron chi connectivity index (χ3n) is 2.17. The fourth-order valence-electron chi connectivity index (χ4n) is 1.24. The molecule has 0 bridgehead atoms. The van der Waals surface area contributed by atoms with Crippen LogP contribution < -0.4 is 0 Å². The van der Waals surface area contributed by atoms with Crippen LogP contribution in [0, 0.1) is 5.92 Å². The molecule has 3 heteroatoms. The summed E-state index contributed by atoms with van der Waals surface area (Å²) < 4.78 is 5.46. The van der Waals surface area contributed by atoms with Gasteiger partial charge in [-0.3, -0.25) is 9.59 Å². The highest BCUT2D eigenvalue weighted by Gasteiger charge is 2.18. The monoisotopic (exact) mass is 214 g/mol. The molecule has 3 nitrogen and oxygen atoms in total. The van der Waals surface area contributed by atoms with Gasteiger partial charge >= 0.3 is 0 Å². The highest BCUT2D eigenvalue weighted by molar-refractivity contribution is 6.00. The second kappa shape index (κ2) is 7.57. The molecule has 0 aliphatic heterocycles. The number of ketones is 2. The molecule has 0 saturated carbocycles. The zero-order valence-electron chi connectivity index (χ0n) is 10.2. The Morgan fingerprint density at radius 1 is 1.27 bits per heavy atom. The van der Waals surface area contributed by atoms with E-state index in [2.05, 4.69) is 13.8 Å². The van der Waals surface area contributed by atoms with E-state index >= 15 is 0 Å². The molecule has 0 heterocycles. The maximum atomic E-state index is 11.5. The van der Waals surface area contributed by atoms with Crippen LogP contribution >= 0.6 is 0 Å². The molecule has 0 fully saturated rings. The molecule has 0 rings (SSSR count). The predicted octanol–water partition coefficient (Wildman–Crippen LogP) is 2.38. The molecule has 88 valence electrons. The van der Waals surface area contributed by atoms with Crippen molar-refractivity contribution in [3.05, 3.63) is 0 Å². The summed E-state index contributed by atoms with van der Waals surface area (Å²) in [5.41, 5.74) is 0. The quantitative estimate of drug-likeness (QED) is 0.583. The molecular formula is C12H22O3. The van der Waals surface area contributed by atoms with Crippen molar-refractivity contribution in [2.45, 2.75) is 53.1 Å². The van der Waals surface area contributed by atoms with Gasteiger partial charge in [-0.2, -0.15) is 0 Å². The molecule has 0 aromatic heterocycles. The minimum absolute atomic E-state index is 0.000184. The van der Waals surface area contributed by atoms with Gasteiger partial charge < -0.3 is 4.74 Å². The maximum Gasteiger partial charge on any atom is 0.168 e. The summed E-state index contributed by atoms with van der Waals surface area (Å²) in [6.07, 6.45) is 1.20. The third-order valence-corrected chi connectivity index (χ3v) is 2.17. The Labute approximate surface area is 92.2 Å². The van der Waals surface area contributed by atoms with E-state index in [9.17, 15) is 9.59 Å². The van der Waals surface area contributed by atoms with Crippen molar-refractivity contribution in [2.24, 2.45) is 5.92 Å². The summed E-state index contributed by atoms with van der Waals surface area (Å²) in [5.74, 6) is 0.394. The van der Waals surface area contributed by atoms with Crippen LogP contribution in [-0.4, -0.2) is 24.3 Å². The van der Waals surface area contributed by atoms with E-state index in [1.165, 1.54) is 6.92 Å². The van der Waals surface area contributed by atoms with Crippen LogP contribution in [0.25, 0.3) is 0 Å². The summed E-state index contributed by atoms with van der Waals surface area (Å²) >= 11 is 0. The van der Waals surface area contributed by atoms with Gasteiger partial charge in [0, 0.05) is 6.61 Å². The second-order valence-electron chi connectivity index (χ2n) is 4.30. The zero-order valence-corrected chi connectivity index (χ0v) is 10.2. The number of hydrogen-bond donors (Lipinski definition) is 0. The summed E-state index contributed by atoms with van der Waals surface area (Å²) in [6, 6.07) is 0. The molecule has 1 unspecified atom stereocenters. The van der Waals surface area contributed by atoms with Gasteiger partial charge in [-0.05, 0) is 25.7 Å².